The SMILES string of the molecule is O=C(O)CCOC1CCN(c2ncc([N+](=O)[O-])s2)CC1. The number of hydrogen-bond donors (Lipinski definition) is 1. The summed E-state index contributed by atoms with van der Waals surface area (Å²) in [6.07, 6.45) is 2.88. The van der Waals surface area contributed by atoms with Gasteiger partial charge in [-0.3, -0.25) is 14.9 Å². The van der Waals surface area contributed by atoms with Crippen LogP contribution in [0.5, 0.6) is 0 Å². The molecule has 8 nitrogen and oxygen atoms in total. The van der Waals surface area contributed by atoms with Gasteiger partial charge in [-0.1, -0.05) is 0 Å². The highest BCUT2D eigenvalue weighted by molar-refractivity contribution is 7.18. The molecule has 1 fully saturated rings. The molecule has 0 saturated carbocycles. The van der Waals surface area contributed by atoms with Crippen LogP contribution in [0.1, 0.15) is 19.3 Å². The second-order valence-electron chi connectivity index (χ2n) is 4.44. The van der Waals surface area contributed by atoms with E-state index in [0.717, 1.165) is 24.2 Å². The smallest absolute Gasteiger partial charge is 0.345 e. The van der Waals surface area contributed by atoms with E-state index >= 15 is 0 Å². The third-order valence-electron chi connectivity index (χ3n) is 3.04. The highest BCUT2D eigenvalue weighted by atomic mass is 32.1. The van der Waals surface area contributed by atoms with Gasteiger partial charge in [0.15, 0.2) is 5.13 Å². The molecule has 9 heteroatoms. The summed E-state index contributed by atoms with van der Waals surface area (Å²) in [7, 11) is 0. The minimum Gasteiger partial charge on any atom is -0.481 e. The molecule has 0 aliphatic carbocycles. The molecule has 0 unspecified atom stereocenters. The molecule has 0 aromatic carbocycles. The van der Waals surface area contributed by atoms with Crippen LogP contribution in [-0.2, 0) is 9.53 Å². The third kappa shape index (κ3) is 3.87. The molecule has 1 aromatic heterocycles. The van der Waals surface area contributed by atoms with Crippen molar-refractivity contribution in [3.8, 4) is 0 Å². The summed E-state index contributed by atoms with van der Waals surface area (Å²) in [5.74, 6) is -0.863. The van der Waals surface area contributed by atoms with Crippen LogP contribution in [0.2, 0.25) is 0 Å². The summed E-state index contributed by atoms with van der Waals surface area (Å²) in [6, 6.07) is 0. The summed E-state index contributed by atoms with van der Waals surface area (Å²) in [5, 5.41) is 19.8. The lowest BCUT2D eigenvalue weighted by molar-refractivity contribution is -0.380. The molecular weight excluding hydrogens is 286 g/mol. The van der Waals surface area contributed by atoms with Gasteiger partial charge in [0.2, 0.25) is 0 Å². The van der Waals surface area contributed by atoms with E-state index in [0.29, 0.717) is 18.2 Å². The number of nitro groups is 1. The Morgan fingerprint density at radius 3 is 2.85 bits per heavy atom. The zero-order chi connectivity index (χ0) is 14.5. The number of hydrogen-bond acceptors (Lipinski definition) is 7. The Morgan fingerprint density at radius 2 is 2.30 bits per heavy atom. The van der Waals surface area contributed by atoms with Crippen molar-refractivity contribution in [2.24, 2.45) is 0 Å². The van der Waals surface area contributed by atoms with E-state index in [2.05, 4.69) is 4.98 Å². The predicted molar refractivity (Wildman–Crippen MR) is 72.2 cm³/mol. The van der Waals surface area contributed by atoms with Gasteiger partial charge in [-0.05, 0) is 24.2 Å². The zero-order valence-electron chi connectivity index (χ0n) is 10.7. The molecule has 1 aliphatic rings. The molecule has 1 saturated heterocycles. The summed E-state index contributed by atoms with van der Waals surface area (Å²) < 4.78 is 5.49. The van der Waals surface area contributed by atoms with Crippen molar-refractivity contribution in [2.45, 2.75) is 25.4 Å². The second kappa shape index (κ2) is 6.62. The largest absolute Gasteiger partial charge is 0.481 e. The minimum absolute atomic E-state index is 0.0128. The summed E-state index contributed by atoms with van der Waals surface area (Å²) in [5.41, 5.74) is 0. The number of anilines is 1. The number of ether oxygens (including phenoxy) is 1. The van der Waals surface area contributed by atoms with E-state index in [-0.39, 0.29) is 24.1 Å². The molecule has 110 valence electrons. The molecular formula is C11H15N3O5S. The van der Waals surface area contributed by atoms with Crippen LogP contribution < -0.4 is 4.90 Å². The molecule has 0 bridgehead atoms. The first-order chi connectivity index (χ1) is 9.56. The minimum atomic E-state index is -0.863. The molecule has 0 amide bonds. The fraction of sp³-hybridized carbons (Fsp3) is 0.636. The molecule has 1 N–H and O–H groups in total. The van der Waals surface area contributed by atoms with Crippen molar-refractivity contribution in [3.63, 3.8) is 0 Å². The van der Waals surface area contributed by atoms with Gasteiger partial charge in [-0.25, -0.2) is 4.98 Å². The Bertz CT molecular complexity index is 484. The number of carbonyl (C=O) groups is 1. The van der Waals surface area contributed by atoms with E-state index in [4.69, 9.17) is 9.84 Å². The van der Waals surface area contributed by atoms with Crippen LogP contribution in [0.15, 0.2) is 6.20 Å². The van der Waals surface area contributed by atoms with Crippen LogP contribution in [0.25, 0.3) is 0 Å². The Balaban J connectivity index is 1.78. The Labute approximate surface area is 119 Å². The molecule has 1 aliphatic heterocycles. The quantitative estimate of drug-likeness (QED) is 0.627. The number of carboxylic acids is 1. The normalized spacial score (nSPS) is 16.3. The van der Waals surface area contributed by atoms with Crippen molar-refractivity contribution in [1.29, 1.82) is 0 Å². The van der Waals surface area contributed by atoms with Crippen LogP contribution in [-0.4, -0.2) is 46.8 Å². The van der Waals surface area contributed by atoms with Gasteiger partial charge in [0.1, 0.15) is 6.20 Å². The number of aliphatic carboxylic acids is 1. The van der Waals surface area contributed by atoms with Crippen LogP contribution in [0.3, 0.4) is 0 Å². The Hall–Kier alpha value is -1.74. The number of thiazole rings is 1. The number of rotatable bonds is 6. The van der Waals surface area contributed by atoms with Crippen LogP contribution in [0.4, 0.5) is 10.1 Å². The van der Waals surface area contributed by atoms with Gasteiger partial charge in [0.25, 0.3) is 0 Å². The lowest BCUT2D eigenvalue weighted by atomic mass is 10.1. The van der Waals surface area contributed by atoms with Crippen LogP contribution in [0, 0.1) is 10.1 Å². The first-order valence-electron chi connectivity index (χ1n) is 6.25. The zero-order valence-corrected chi connectivity index (χ0v) is 11.5. The molecule has 0 spiro atoms. The van der Waals surface area contributed by atoms with Gasteiger partial charge in [-0.2, -0.15) is 0 Å². The maximum atomic E-state index is 10.6. The van der Waals surface area contributed by atoms with E-state index in [1.807, 2.05) is 4.90 Å². The number of aromatic nitrogens is 1. The first kappa shape index (κ1) is 14.7. The highest BCUT2D eigenvalue weighted by Gasteiger charge is 2.23. The molecule has 2 rings (SSSR count). The highest BCUT2D eigenvalue weighted by Crippen LogP contribution is 2.30. The first-order valence-corrected chi connectivity index (χ1v) is 7.06. The van der Waals surface area contributed by atoms with E-state index in [9.17, 15) is 14.9 Å². The molecule has 2 heterocycles. The number of carboxylic acid groups (broad SMARTS) is 1. The lowest BCUT2D eigenvalue weighted by Gasteiger charge is -2.31. The van der Waals surface area contributed by atoms with Crippen molar-refractivity contribution >= 4 is 27.4 Å². The van der Waals surface area contributed by atoms with Crippen molar-refractivity contribution in [2.75, 3.05) is 24.6 Å². The number of nitrogens with zero attached hydrogens (tertiary/aromatic N) is 3. The molecule has 20 heavy (non-hydrogen) atoms. The summed E-state index contributed by atoms with van der Waals surface area (Å²) in [6.45, 7) is 1.65. The van der Waals surface area contributed by atoms with Gasteiger partial charge in [0.05, 0.1) is 24.1 Å². The maximum absolute atomic E-state index is 10.6. The molecule has 0 atom stereocenters. The summed E-state index contributed by atoms with van der Waals surface area (Å²) in [4.78, 5) is 26.6. The van der Waals surface area contributed by atoms with Gasteiger partial charge in [0, 0.05) is 13.1 Å². The molecule has 1 aromatic rings. The standard InChI is InChI=1S/C11H15N3O5S/c15-10(16)3-6-19-8-1-4-13(5-2-8)11-12-7-9(20-11)14(17)18/h7-8H,1-6H2,(H,15,16). The van der Waals surface area contributed by atoms with Gasteiger partial charge < -0.3 is 14.7 Å². The Morgan fingerprint density at radius 1 is 1.60 bits per heavy atom. The third-order valence-corrected chi connectivity index (χ3v) is 4.05. The monoisotopic (exact) mass is 301 g/mol. The fourth-order valence-corrected chi connectivity index (χ4v) is 2.80. The summed E-state index contributed by atoms with van der Waals surface area (Å²) >= 11 is 1.07. The molecule has 0 radical (unpaired) electrons. The average molecular weight is 301 g/mol. The van der Waals surface area contributed by atoms with E-state index < -0.39 is 10.9 Å². The fourth-order valence-electron chi connectivity index (χ4n) is 2.01. The van der Waals surface area contributed by atoms with E-state index in [1.54, 1.807) is 0 Å². The average Bonchev–Trinajstić information content (AvgIpc) is 2.89. The predicted octanol–water partition coefficient (Wildman–Crippen LogP) is 1.51. The van der Waals surface area contributed by atoms with Crippen molar-refractivity contribution in [1.82, 2.24) is 4.98 Å². The van der Waals surface area contributed by atoms with Gasteiger partial charge >= 0.3 is 11.0 Å². The van der Waals surface area contributed by atoms with Crippen LogP contribution >= 0.6 is 11.3 Å². The second-order valence-corrected chi connectivity index (χ2v) is 5.43. The lowest BCUT2D eigenvalue weighted by Crippen LogP contribution is -2.37. The van der Waals surface area contributed by atoms with Crippen molar-refractivity contribution < 1.29 is 19.6 Å². The van der Waals surface area contributed by atoms with Gasteiger partial charge in [-0.15, -0.1) is 0 Å². The number of piperidine rings is 1. The topological polar surface area (TPSA) is 106 Å². The van der Waals surface area contributed by atoms with Crippen molar-refractivity contribution in [3.05, 3.63) is 16.3 Å². The van der Waals surface area contributed by atoms with E-state index in [1.165, 1.54) is 6.20 Å². The maximum Gasteiger partial charge on any atom is 0.345 e. The Kier molecular flexibility index (Phi) is 4.85.